The molecule has 1 aromatic heterocycles. The van der Waals surface area contributed by atoms with Crippen molar-refractivity contribution in [3.8, 4) is 0 Å². The molecule has 1 unspecified atom stereocenters. The van der Waals surface area contributed by atoms with Crippen LogP contribution in [-0.2, 0) is 25.5 Å². The number of Topliss-reactive ketones (excluding diaryl/α,β-unsaturated/α-hetero) is 1. The Kier molecular flexibility index (Phi) is 15.6. The number of benzene rings is 1. The number of ether oxygens (including phenoxy) is 1. The zero-order chi connectivity index (χ0) is 38.0. The molecule has 13 heteroatoms. The molecule has 1 aliphatic heterocycles. The second-order valence-electron chi connectivity index (χ2n) is 14.6. The number of carbonyl (C=O) groups is 4. The van der Waals surface area contributed by atoms with Gasteiger partial charge in [0.05, 0.1) is 35.9 Å². The molecule has 1 fully saturated rings. The molecule has 284 valence electrons. The monoisotopic (exact) mass is 736 g/mol. The maximum absolute atomic E-state index is 14.1. The van der Waals surface area contributed by atoms with E-state index in [1.165, 1.54) is 30.4 Å². The Balaban J connectivity index is 1.75. The van der Waals surface area contributed by atoms with Crippen molar-refractivity contribution in [3.63, 3.8) is 0 Å². The molecule has 3 rings (SSSR count). The molecule has 0 spiro atoms. The molecule has 1 N–H and O–H groups in total. The highest BCUT2D eigenvalue weighted by atomic mass is 32.1. The first-order valence-corrected chi connectivity index (χ1v) is 18.8. The molecule has 9 nitrogen and oxygen atoms in total. The van der Waals surface area contributed by atoms with Gasteiger partial charge in [-0.05, 0) is 57.2 Å². The van der Waals surface area contributed by atoms with Gasteiger partial charge in [0.15, 0.2) is 5.78 Å². The Bertz CT molecular complexity index is 1450. The van der Waals surface area contributed by atoms with Crippen LogP contribution >= 0.6 is 11.3 Å². The van der Waals surface area contributed by atoms with Gasteiger partial charge < -0.3 is 15.0 Å². The van der Waals surface area contributed by atoms with Crippen LogP contribution in [0.3, 0.4) is 0 Å². The van der Waals surface area contributed by atoms with Crippen LogP contribution in [0.15, 0.2) is 35.7 Å². The van der Waals surface area contributed by atoms with E-state index in [0.29, 0.717) is 37.2 Å². The van der Waals surface area contributed by atoms with Gasteiger partial charge in [-0.25, -0.2) is 4.98 Å². The predicted molar refractivity (Wildman–Crippen MR) is 192 cm³/mol. The number of ketones is 1. The third-order valence-electron chi connectivity index (χ3n) is 10.3. The van der Waals surface area contributed by atoms with E-state index in [-0.39, 0.29) is 41.2 Å². The number of hydrogen-bond donors (Lipinski definition) is 1. The van der Waals surface area contributed by atoms with Crippen LogP contribution in [0.5, 0.6) is 0 Å². The first-order chi connectivity index (χ1) is 23.9. The maximum Gasteiger partial charge on any atom is 0.392 e. The lowest BCUT2D eigenvalue weighted by Crippen LogP contribution is -2.49. The molecule has 1 aromatic carbocycles. The van der Waals surface area contributed by atoms with Crippen molar-refractivity contribution in [2.45, 2.75) is 110 Å². The molecule has 51 heavy (non-hydrogen) atoms. The normalized spacial score (nSPS) is 19.0. The number of rotatable bonds is 17. The summed E-state index contributed by atoms with van der Waals surface area (Å²) < 4.78 is 47.2. The molecule has 7 atom stereocenters. The van der Waals surface area contributed by atoms with Gasteiger partial charge in [-0.1, -0.05) is 71.4 Å². The topological polar surface area (TPSA) is 109 Å². The van der Waals surface area contributed by atoms with E-state index in [1.54, 1.807) is 19.4 Å². The maximum atomic E-state index is 14.1. The van der Waals surface area contributed by atoms with Crippen LogP contribution in [-0.4, -0.2) is 90.4 Å². The number of nitrogens with zero attached hydrogens (tertiary/aromatic N) is 3. The van der Waals surface area contributed by atoms with Crippen molar-refractivity contribution in [1.82, 2.24) is 20.1 Å². The highest BCUT2D eigenvalue weighted by Gasteiger charge is 2.47. The zero-order valence-corrected chi connectivity index (χ0v) is 32.0. The first kappa shape index (κ1) is 42.1. The number of likely N-dealkylation sites (N-methyl/N-ethyl adjacent to an activating group) is 1. The summed E-state index contributed by atoms with van der Waals surface area (Å²) in [4.78, 5) is 60.7. The Labute approximate surface area is 304 Å². The molecular weight excluding hydrogens is 682 g/mol. The first-order valence-electron chi connectivity index (χ1n) is 17.9. The lowest BCUT2D eigenvalue weighted by Gasteiger charge is -2.38. The fraction of sp³-hybridized carbons (Fsp3) is 0.658. The van der Waals surface area contributed by atoms with Crippen molar-refractivity contribution in [1.29, 1.82) is 0 Å². The van der Waals surface area contributed by atoms with Crippen LogP contribution < -0.4 is 5.32 Å². The quantitative estimate of drug-likeness (QED) is 0.176. The lowest BCUT2D eigenvalue weighted by atomic mass is 9.83. The number of aromatic nitrogens is 1. The van der Waals surface area contributed by atoms with Gasteiger partial charge in [0.1, 0.15) is 5.69 Å². The largest absolute Gasteiger partial charge is 0.469 e. The molecule has 0 radical (unpaired) electrons. The minimum Gasteiger partial charge on any atom is -0.469 e. The highest BCUT2D eigenvalue weighted by molar-refractivity contribution is 7.09. The second kappa shape index (κ2) is 19.0. The summed E-state index contributed by atoms with van der Waals surface area (Å²) >= 11 is 1.30. The van der Waals surface area contributed by atoms with Gasteiger partial charge in [0.25, 0.3) is 5.91 Å². The molecular formula is C38H55F3N4O5S. The minimum absolute atomic E-state index is 0.110. The summed E-state index contributed by atoms with van der Waals surface area (Å²) in [5, 5.41) is 5.36. The Morgan fingerprint density at radius 2 is 1.73 bits per heavy atom. The van der Waals surface area contributed by atoms with Crippen LogP contribution in [0, 0.1) is 23.7 Å². The molecule has 1 aliphatic rings. The molecule has 0 bridgehead atoms. The predicted octanol–water partition coefficient (Wildman–Crippen LogP) is 6.92. The smallest absolute Gasteiger partial charge is 0.392 e. The van der Waals surface area contributed by atoms with E-state index in [0.717, 1.165) is 25.3 Å². The van der Waals surface area contributed by atoms with Gasteiger partial charge in [0.2, 0.25) is 5.91 Å². The van der Waals surface area contributed by atoms with E-state index < -0.39 is 48.3 Å². The average Bonchev–Trinajstić information content (AvgIpc) is 3.59. The summed E-state index contributed by atoms with van der Waals surface area (Å²) in [5.41, 5.74) is 1.23. The van der Waals surface area contributed by atoms with E-state index in [2.05, 4.69) is 10.3 Å². The van der Waals surface area contributed by atoms with Crippen LogP contribution in [0.1, 0.15) is 100 Å². The highest BCUT2D eigenvalue weighted by Crippen LogP contribution is 2.37. The van der Waals surface area contributed by atoms with E-state index in [4.69, 9.17) is 4.74 Å². The van der Waals surface area contributed by atoms with Gasteiger partial charge in [-0.15, -0.1) is 11.3 Å². The summed E-state index contributed by atoms with van der Waals surface area (Å²) in [6.07, 6.45) is -1.51. The number of likely N-dealkylation sites (tertiary alicyclic amines) is 1. The van der Waals surface area contributed by atoms with Crippen LogP contribution in [0.4, 0.5) is 13.2 Å². The van der Waals surface area contributed by atoms with Crippen molar-refractivity contribution in [3.05, 3.63) is 52.0 Å². The summed E-state index contributed by atoms with van der Waals surface area (Å²) in [7, 11) is 4.66. The SMILES string of the molecule is COC(=O)[C@@H](C)C[C@H](Cc1ccccc1)NC(=O)c1csc([C@H](C)C[C@H](C(C)C)N(C)C(=O)[C@@H](CC(=O)[C@H]2CCCCN2C)C(C)C(F)(F)F)n1. The van der Waals surface area contributed by atoms with Gasteiger partial charge in [-0.2, -0.15) is 13.2 Å². The van der Waals surface area contributed by atoms with Gasteiger partial charge >= 0.3 is 12.1 Å². The molecule has 2 amide bonds. The van der Waals surface area contributed by atoms with Crippen LogP contribution in [0.25, 0.3) is 0 Å². The standard InChI is InChI=1S/C38H55F3N4O5S/c1-23(2)32(45(7)36(48)29(26(5)38(39,40)41)21-33(46)31-16-12-13-17-44(31)6)19-24(3)35-43-30(22-51-35)34(47)42-28(18-25(4)37(49)50-8)20-27-14-10-9-11-15-27/h9-11,14-15,22-26,28-29,31-32H,12-13,16-21H2,1-8H3,(H,42,47)/t24-,25+,26?,28-,29+,31-,32-/m1/s1. The number of esters is 1. The van der Waals surface area contributed by atoms with Gasteiger partial charge in [-0.3, -0.25) is 24.1 Å². The number of nitrogens with one attached hydrogen (secondary N) is 1. The Hall–Kier alpha value is -3.32. The number of alkyl halides is 3. The zero-order valence-electron chi connectivity index (χ0n) is 31.2. The lowest BCUT2D eigenvalue weighted by molar-refractivity contribution is -0.191. The minimum atomic E-state index is -4.64. The third-order valence-corrected chi connectivity index (χ3v) is 11.4. The molecule has 0 saturated carbocycles. The summed E-state index contributed by atoms with van der Waals surface area (Å²) in [6.45, 7) is 9.18. The number of hydrogen-bond acceptors (Lipinski definition) is 8. The van der Waals surface area contributed by atoms with Crippen molar-refractivity contribution < 1.29 is 37.1 Å². The Morgan fingerprint density at radius 3 is 2.31 bits per heavy atom. The van der Waals surface area contributed by atoms with E-state index in [9.17, 15) is 32.3 Å². The number of piperidine rings is 1. The van der Waals surface area contributed by atoms with Gasteiger partial charge in [0, 0.05) is 36.9 Å². The average molecular weight is 737 g/mol. The summed E-state index contributed by atoms with van der Waals surface area (Å²) in [5.74, 6) is -6.06. The summed E-state index contributed by atoms with van der Waals surface area (Å²) in [6, 6.07) is 8.35. The number of methoxy groups -OCH3 is 1. The van der Waals surface area contributed by atoms with Crippen LogP contribution in [0.2, 0.25) is 0 Å². The number of thiazole rings is 1. The fourth-order valence-corrected chi connectivity index (χ4v) is 7.87. The molecule has 0 aliphatic carbocycles. The molecule has 2 heterocycles. The van der Waals surface area contributed by atoms with Crippen molar-refractivity contribution >= 4 is 34.9 Å². The van der Waals surface area contributed by atoms with Crippen molar-refractivity contribution in [2.24, 2.45) is 23.7 Å². The fourth-order valence-electron chi connectivity index (χ4n) is 7.00. The van der Waals surface area contributed by atoms with E-state index >= 15 is 0 Å². The second-order valence-corrected chi connectivity index (χ2v) is 15.5. The molecule has 1 saturated heterocycles. The number of carbonyl (C=O) groups excluding carboxylic acids is 4. The Morgan fingerprint density at radius 1 is 1.06 bits per heavy atom. The third kappa shape index (κ3) is 11.8. The van der Waals surface area contributed by atoms with Crippen molar-refractivity contribution in [2.75, 3.05) is 27.7 Å². The van der Waals surface area contributed by atoms with E-state index in [1.807, 2.05) is 56.0 Å². The number of halogens is 3. The molecule has 2 aromatic rings. The number of amides is 2.